The van der Waals surface area contributed by atoms with Gasteiger partial charge in [0.15, 0.2) is 0 Å². The highest BCUT2D eigenvalue weighted by Crippen LogP contribution is 2.32. The summed E-state index contributed by atoms with van der Waals surface area (Å²) in [5.74, 6) is 1.78. The highest BCUT2D eigenvalue weighted by Gasteiger charge is 2.25. The van der Waals surface area contributed by atoms with Gasteiger partial charge in [0.2, 0.25) is 0 Å². The molecule has 3 N–H and O–H groups in total. The molecule has 0 radical (unpaired) electrons. The monoisotopic (exact) mass is 461 g/mol. The molecule has 5 unspecified atom stereocenters. The van der Waals surface area contributed by atoms with Crippen LogP contribution in [-0.2, 0) is 4.74 Å². The SMILES string of the molecule is CCOC1C(CCC(C)CCC/C(C)=C/CCC(C)(O)CCCC(C)CN)=CC=C(C)C1C. The van der Waals surface area contributed by atoms with Crippen molar-refractivity contribution in [1.82, 2.24) is 0 Å². The van der Waals surface area contributed by atoms with Gasteiger partial charge in [0, 0.05) is 12.5 Å². The molecule has 0 bridgehead atoms. The van der Waals surface area contributed by atoms with E-state index in [1.807, 2.05) is 6.92 Å². The molecular formula is C30H55NO2. The predicted octanol–water partition coefficient (Wildman–Crippen LogP) is 7.74. The molecule has 1 aliphatic rings. The molecule has 0 amide bonds. The zero-order valence-electron chi connectivity index (χ0n) is 23.0. The first-order valence-electron chi connectivity index (χ1n) is 13.7. The molecule has 33 heavy (non-hydrogen) atoms. The summed E-state index contributed by atoms with van der Waals surface area (Å²) in [5, 5.41) is 10.6. The summed E-state index contributed by atoms with van der Waals surface area (Å²) in [6, 6.07) is 0. The Morgan fingerprint density at radius 3 is 2.52 bits per heavy atom. The Balaban J connectivity index is 2.29. The predicted molar refractivity (Wildman–Crippen MR) is 144 cm³/mol. The lowest BCUT2D eigenvalue weighted by Gasteiger charge is -2.30. The molecule has 0 aromatic heterocycles. The fourth-order valence-corrected chi connectivity index (χ4v) is 4.79. The molecule has 0 saturated heterocycles. The van der Waals surface area contributed by atoms with E-state index in [9.17, 15) is 5.11 Å². The minimum atomic E-state index is -0.558. The molecule has 0 spiro atoms. The lowest BCUT2D eigenvalue weighted by Crippen LogP contribution is -2.27. The van der Waals surface area contributed by atoms with Gasteiger partial charge >= 0.3 is 0 Å². The zero-order valence-corrected chi connectivity index (χ0v) is 23.0. The summed E-state index contributed by atoms with van der Waals surface area (Å²) in [4.78, 5) is 0. The molecule has 0 heterocycles. The molecule has 3 nitrogen and oxygen atoms in total. The summed E-state index contributed by atoms with van der Waals surface area (Å²) < 4.78 is 6.08. The number of nitrogens with two attached hydrogens (primary N) is 1. The molecule has 1 aliphatic carbocycles. The van der Waals surface area contributed by atoms with Crippen LogP contribution in [0.3, 0.4) is 0 Å². The molecule has 0 fully saturated rings. The summed E-state index contributed by atoms with van der Waals surface area (Å²) in [5.41, 5.74) is 9.50. The van der Waals surface area contributed by atoms with Crippen LogP contribution in [0.5, 0.6) is 0 Å². The molecule has 0 aromatic rings. The molecule has 0 saturated carbocycles. The normalized spacial score (nSPS) is 23.0. The first kappa shape index (κ1) is 30.1. The van der Waals surface area contributed by atoms with E-state index in [0.29, 0.717) is 11.8 Å². The molecule has 192 valence electrons. The second-order valence-electron chi connectivity index (χ2n) is 11.2. The maximum Gasteiger partial charge on any atom is 0.0850 e. The third-order valence-electron chi connectivity index (χ3n) is 7.63. The quantitative estimate of drug-likeness (QED) is 0.218. The molecule has 0 aliphatic heterocycles. The molecular weight excluding hydrogens is 406 g/mol. The third kappa shape index (κ3) is 12.4. The topological polar surface area (TPSA) is 55.5 Å². The van der Waals surface area contributed by atoms with E-state index < -0.39 is 5.60 Å². The Hall–Kier alpha value is -0.900. The zero-order chi connectivity index (χ0) is 24.9. The van der Waals surface area contributed by atoms with Crippen molar-refractivity contribution < 1.29 is 9.84 Å². The van der Waals surface area contributed by atoms with Gasteiger partial charge in [0.05, 0.1) is 11.7 Å². The average Bonchev–Trinajstić information content (AvgIpc) is 2.76. The van der Waals surface area contributed by atoms with Gasteiger partial charge in [-0.05, 0) is 103 Å². The van der Waals surface area contributed by atoms with Gasteiger partial charge in [0.1, 0.15) is 0 Å². The smallest absolute Gasteiger partial charge is 0.0850 e. The van der Waals surface area contributed by atoms with Crippen LogP contribution >= 0.6 is 0 Å². The Morgan fingerprint density at radius 1 is 1.15 bits per heavy atom. The van der Waals surface area contributed by atoms with Gasteiger partial charge in [-0.1, -0.05) is 63.0 Å². The van der Waals surface area contributed by atoms with Crippen molar-refractivity contribution in [3.05, 3.63) is 34.9 Å². The number of hydrogen-bond donors (Lipinski definition) is 2. The van der Waals surface area contributed by atoms with E-state index in [1.165, 1.54) is 42.4 Å². The van der Waals surface area contributed by atoms with Crippen molar-refractivity contribution >= 4 is 0 Å². The lowest BCUT2D eigenvalue weighted by molar-refractivity contribution is 0.0394. The van der Waals surface area contributed by atoms with Crippen molar-refractivity contribution in [2.24, 2.45) is 23.5 Å². The van der Waals surface area contributed by atoms with E-state index in [1.54, 1.807) is 0 Å². The minimum Gasteiger partial charge on any atom is -0.390 e. The van der Waals surface area contributed by atoms with Gasteiger partial charge in [-0.15, -0.1) is 0 Å². The first-order valence-corrected chi connectivity index (χ1v) is 13.7. The van der Waals surface area contributed by atoms with Crippen LogP contribution in [0, 0.1) is 17.8 Å². The summed E-state index contributed by atoms with van der Waals surface area (Å²) in [6.07, 6.45) is 18.1. The van der Waals surface area contributed by atoms with Crippen molar-refractivity contribution in [2.75, 3.05) is 13.2 Å². The third-order valence-corrected chi connectivity index (χ3v) is 7.63. The van der Waals surface area contributed by atoms with Crippen molar-refractivity contribution in [3.8, 4) is 0 Å². The van der Waals surface area contributed by atoms with E-state index in [-0.39, 0.29) is 6.10 Å². The van der Waals surface area contributed by atoms with Crippen molar-refractivity contribution in [1.29, 1.82) is 0 Å². The summed E-state index contributed by atoms with van der Waals surface area (Å²) >= 11 is 0. The maximum absolute atomic E-state index is 10.6. The van der Waals surface area contributed by atoms with E-state index in [2.05, 4.69) is 59.8 Å². The van der Waals surface area contributed by atoms with Crippen LogP contribution < -0.4 is 5.73 Å². The van der Waals surface area contributed by atoms with E-state index in [0.717, 1.165) is 57.6 Å². The van der Waals surface area contributed by atoms with Crippen LogP contribution in [0.15, 0.2) is 34.9 Å². The molecule has 5 atom stereocenters. The number of hydrogen-bond acceptors (Lipinski definition) is 3. The fraction of sp³-hybridized carbons (Fsp3) is 0.800. The molecule has 3 heteroatoms. The highest BCUT2D eigenvalue weighted by molar-refractivity contribution is 5.29. The summed E-state index contributed by atoms with van der Waals surface area (Å²) in [7, 11) is 0. The second kappa shape index (κ2) is 15.9. The molecule has 0 aromatic carbocycles. The largest absolute Gasteiger partial charge is 0.390 e. The number of ether oxygens (including phenoxy) is 1. The fourth-order valence-electron chi connectivity index (χ4n) is 4.79. The van der Waals surface area contributed by atoms with Crippen molar-refractivity contribution in [3.63, 3.8) is 0 Å². The number of aliphatic hydroxyl groups is 1. The second-order valence-corrected chi connectivity index (χ2v) is 11.2. The Morgan fingerprint density at radius 2 is 1.85 bits per heavy atom. The van der Waals surface area contributed by atoms with Crippen molar-refractivity contribution in [2.45, 2.75) is 124 Å². The number of rotatable bonds is 17. The van der Waals surface area contributed by atoms with Crippen LogP contribution in [0.25, 0.3) is 0 Å². The number of allylic oxidation sites excluding steroid dienone is 4. The Labute approximate surface area is 205 Å². The van der Waals surface area contributed by atoms with Gasteiger partial charge in [-0.2, -0.15) is 0 Å². The highest BCUT2D eigenvalue weighted by atomic mass is 16.5. The van der Waals surface area contributed by atoms with Crippen LogP contribution in [-0.4, -0.2) is 30.0 Å². The van der Waals surface area contributed by atoms with Crippen LogP contribution in [0.1, 0.15) is 113 Å². The maximum atomic E-state index is 10.6. The average molecular weight is 462 g/mol. The van der Waals surface area contributed by atoms with Crippen LogP contribution in [0.2, 0.25) is 0 Å². The van der Waals surface area contributed by atoms with E-state index in [4.69, 9.17) is 10.5 Å². The Bertz CT molecular complexity index is 631. The minimum absolute atomic E-state index is 0.263. The van der Waals surface area contributed by atoms with Gasteiger partial charge in [-0.3, -0.25) is 0 Å². The van der Waals surface area contributed by atoms with Gasteiger partial charge in [-0.25, -0.2) is 0 Å². The van der Waals surface area contributed by atoms with E-state index >= 15 is 0 Å². The van der Waals surface area contributed by atoms with Gasteiger partial charge < -0.3 is 15.6 Å². The van der Waals surface area contributed by atoms with Crippen LogP contribution in [0.4, 0.5) is 0 Å². The first-order chi connectivity index (χ1) is 15.6. The molecule has 1 rings (SSSR count). The van der Waals surface area contributed by atoms with Gasteiger partial charge in [0.25, 0.3) is 0 Å². The summed E-state index contributed by atoms with van der Waals surface area (Å²) in [6.45, 7) is 16.9. The standard InChI is InChI=1S/C30H55NO2/c1-8-33-29-27(6)26(5)17-19-28(29)18-16-24(3)13-9-12-23(2)14-10-20-30(7,32)21-11-15-25(4)22-31/h14,17,19,24-25,27,29,32H,8-13,15-16,18,20-22,31H2,1-7H3/b23-14+. The Kier molecular flexibility index (Phi) is 14.5. The lowest BCUT2D eigenvalue weighted by atomic mass is 9.83.